The number of hydrogen-bond donors (Lipinski definition) is 2. The molecule has 0 aliphatic rings. The zero-order valence-electron chi connectivity index (χ0n) is 13.7. The molecule has 1 amide bonds. The highest BCUT2D eigenvalue weighted by Gasteiger charge is 2.25. The molecule has 1 unspecified atom stereocenters. The quantitative estimate of drug-likeness (QED) is 0.890. The molecular formula is C18H23N3O2. The fourth-order valence-electron chi connectivity index (χ4n) is 2.53. The molecule has 0 aliphatic heterocycles. The topological polar surface area (TPSA) is 77.1 Å². The Labute approximate surface area is 136 Å². The van der Waals surface area contributed by atoms with E-state index in [0.29, 0.717) is 17.8 Å². The lowest BCUT2D eigenvalue weighted by Gasteiger charge is -2.23. The van der Waals surface area contributed by atoms with Crippen molar-refractivity contribution in [2.24, 2.45) is 11.7 Å². The summed E-state index contributed by atoms with van der Waals surface area (Å²) in [4.78, 5) is 25.0. The van der Waals surface area contributed by atoms with E-state index in [9.17, 15) is 9.59 Å². The maximum Gasteiger partial charge on any atom is 0.254 e. The van der Waals surface area contributed by atoms with Gasteiger partial charge in [0.15, 0.2) is 0 Å². The number of nitrogens with two attached hydrogens (primary N) is 1. The second kappa shape index (κ2) is 7.24. The number of hydrogen-bond acceptors (Lipinski definition) is 3. The minimum atomic E-state index is -0.559. The third-order valence-electron chi connectivity index (χ3n) is 3.82. The van der Waals surface area contributed by atoms with Crippen LogP contribution in [0.3, 0.4) is 0 Å². The summed E-state index contributed by atoms with van der Waals surface area (Å²) in [5.41, 5.74) is 7.75. The van der Waals surface area contributed by atoms with Crippen molar-refractivity contribution in [1.82, 2.24) is 4.57 Å². The molecule has 1 heterocycles. The Morgan fingerprint density at radius 3 is 2.43 bits per heavy atom. The van der Waals surface area contributed by atoms with Crippen LogP contribution in [0, 0.1) is 12.8 Å². The number of aromatic nitrogens is 1. The minimum absolute atomic E-state index is 0.0159. The Balaban J connectivity index is 2.28. The standard InChI is InChI=1S/C18H23N3O2/c1-12(2)16(21-10-4-5-13(3)18(21)23)17(22)20-15-8-6-14(11-19)7-9-15/h4-10,12,16H,11,19H2,1-3H3,(H,20,22). The van der Waals surface area contributed by atoms with Gasteiger partial charge in [-0.15, -0.1) is 0 Å². The Morgan fingerprint density at radius 1 is 1.22 bits per heavy atom. The number of aryl methyl sites for hydroxylation is 1. The third kappa shape index (κ3) is 3.87. The Bertz CT molecular complexity index is 733. The van der Waals surface area contributed by atoms with E-state index < -0.39 is 6.04 Å². The Hall–Kier alpha value is -2.40. The van der Waals surface area contributed by atoms with E-state index in [2.05, 4.69) is 5.32 Å². The molecule has 1 atom stereocenters. The van der Waals surface area contributed by atoms with E-state index in [4.69, 9.17) is 5.73 Å². The highest BCUT2D eigenvalue weighted by Crippen LogP contribution is 2.19. The fourth-order valence-corrected chi connectivity index (χ4v) is 2.53. The van der Waals surface area contributed by atoms with Gasteiger partial charge in [-0.1, -0.05) is 32.0 Å². The summed E-state index contributed by atoms with van der Waals surface area (Å²) in [5.74, 6) is -0.217. The van der Waals surface area contributed by atoms with E-state index in [1.165, 1.54) is 4.57 Å². The smallest absolute Gasteiger partial charge is 0.254 e. The molecule has 0 aliphatic carbocycles. The van der Waals surface area contributed by atoms with E-state index in [1.807, 2.05) is 38.1 Å². The predicted octanol–water partition coefficient (Wildman–Crippen LogP) is 2.45. The van der Waals surface area contributed by atoms with Crippen molar-refractivity contribution in [3.8, 4) is 0 Å². The van der Waals surface area contributed by atoms with E-state index >= 15 is 0 Å². The number of pyridine rings is 1. The van der Waals surface area contributed by atoms with E-state index in [1.54, 1.807) is 25.3 Å². The van der Waals surface area contributed by atoms with Gasteiger partial charge in [-0.2, -0.15) is 0 Å². The van der Waals surface area contributed by atoms with Gasteiger partial charge in [0, 0.05) is 24.0 Å². The first-order valence-electron chi connectivity index (χ1n) is 7.71. The molecule has 0 saturated carbocycles. The number of carbonyl (C=O) groups excluding carboxylic acids is 1. The second-order valence-corrected chi connectivity index (χ2v) is 5.98. The van der Waals surface area contributed by atoms with Gasteiger partial charge >= 0.3 is 0 Å². The SMILES string of the molecule is Cc1cccn(C(C(=O)Nc2ccc(CN)cc2)C(C)C)c1=O. The van der Waals surface area contributed by atoms with Crippen LogP contribution < -0.4 is 16.6 Å². The summed E-state index contributed by atoms with van der Waals surface area (Å²) in [6, 6.07) is 10.4. The second-order valence-electron chi connectivity index (χ2n) is 5.98. The third-order valence-corrected chi connectivity index (χ3v) is 3.82. The first-order valence-corrected chi connectivity index (χ1v) is 7.71. The summed E-state index contributed by atoms with van der Waals surface area (Å²) in [7, 11) is 0. The van der Waals surface area contributed by atoms with E-state index in [0.717, 1.165) is 5.56 Å². The van der Waals surface area contributed by atoms with Gasteiger partial charge in [0.1, 0.15) is 6.04 Å². The van der Waals surface area contributed by atoms with Gasteiger partial charge < -0.3 is 15.6 Å². The number of rotatable bonds is 5. The van der Waals surface area contributed by atoms with Gasteiger partial charge in [0.2, 0.25) is 5.91 Å². The van der Waals surface area contributed by atoms with Gasteiger partial charge in [0.25, 0.3) is 5.56 Å². The fraction of sp³-hybridized carbons (Fsp3) is 0.333. The van der Waals surface area contributed by atoms with E-state index in [-0.39, 0.29) is 17.4 Å². The normalized spacial score (nSPS) is 12.2. The molecule has 0 saturated heterocycles. The molecule has 0 bridgehead atoms. The largest absolute Gasteiger partial charge is 0.326 e. The summed E-state index contributed by atoms with van der Waals surface area (Å²) in [6.45, 7) is 6.06. The van der Waals surface area contributed by atoms with Gasteiger partial charge in [-0.3, -0.25) is 9.59 Å². The molecule has 2 aromatic rings. The molecule has 0 fully saturated rings. The molecule has 1 aromatic heterocycles. The zero-order valence-corrected chi connectivity index (χ0v) is 13.7. The first kappa shape index (κ1) is 17.0. The molecule has 0 radical (unpaired) electrons. The molecule has 2 rings (SSSR count). The maximum absolute atomic E-state index is 12.7. The van der Waals surface area contributed by atoms with Gasteiger partial charge in [-0.25, -0.2) is 0 Å². The lowest BCUT2D eigenvalue weighted by molar-refractivity contribution is -0.120. The summed E-state index contributed by atoms with van der Waals surface area (Å²) < 4.78 is 1.50. The van der Waals surface area contributed by atoms with Crippen LogP contribution in [0.5, 0.6) is 0 Å². The number of carbonyl (C=O) groups is 1. The van der Waals surface area contributed by atoms with Crippen molar-refractivity contribution < 1.29 is 4.79 Å². The predicted molar refractivity (Wildman–Crippen MR) is 92.3 cm³/mol. The van der Waals surface area contributed by atoms with Crippen molar-refractivity contribution in [3.63, 3.8) is 0 Å². The molecule has 3 N–H and O–H groups in total. The summed E-state index contributed by atoms with van der Waals surface area (Å²) >= 11 is 0. The Morgan fingerprint density at radius 2 is 1.87 bits per heavy atom. The monoisotopic (exact) mass is 313 g/mol. The van der Waals surface area contributed by atoms with Crippen LogP contribution in [0.1, 0.15) is 31.0 Å². The van der Waals surface area contributed by atoms with Crippen LogP contribution in [0.15, 0.2) is 47.4 Å². The molecule has 5 nitrogen and oxygen atoms in total. The number of benzene rings is 1. The molecular weight excluding hydrogens is 290 g/mol. The maximum atomic E-state index is 12.7. The molecule has 1 aromatic carbocycles. The lowest BCUT2D eigenvalue weighted by atomic mass is 10.0. The molecule has 23 heavy (non-hydrogen) atoms. The number of anilines is 1. The van der Waals surface area contributed by atoms with Crippen molar-refractivity contribution in [1.29, 1.82) is 0 Å². The first-order chi connectivity index (χ1) is 10.9. The molecule has 5 heteroatoms. The van der Waals surface area contributed by atoms with Gasteiger partial charge in [0.05, 0.1) is 0 Å². The van der Waals surface area contributed by atoms with Crippen LogP contribution in [0.2, 0.25) is 0 Å². The van der Waals surface area contributed by atoms with Crippen LogP contribution in [-0.2, 0) is 11.3 Å². The van der Waals surface area contributed by atoms with Crippen LogP contribution in [0.25, 0.3) is 0 Å². The average molecular weight is 313 g/mol. The minimum Gasteiger partial charge on any atom is -0.326 e. The van der Waals surface area contributed by atoms with Crippen LogP contribution in [0.4, 0.5) is 5.69 Å². The van der Waals surface area contributed by atoms with Crippen LogP contribution >= 0.6 is 0 Å². The average Bonchev–Trinajstić information content (AvgIpc) is 2.52. The highest BCUT2D eigenvalue weighted by atomic mass is 16.2. The number of nitrogens with one attached hydrogen (secondary N) is 1. The number of nitrogens with zero attached hydrogens (tertiary/aromatic N) is 1. The summed E-state index contributed by atoms with van der Waals surface area (Å²) in [6.07, 6.45) is 1.66. The number of amides is 1. The van der Waals surface area contributed by atoms with Crippen molar-refractivity contribution in [2.45, 2.75) is 33.4 Å². The molecule has 122 valence electrons. The van der Waals surface area contributed by atoms with Crippen molar-refractivity contribution in [2.75, 3.05) is 5.32 Å². The van der Waals surface area contributed by atoms with Crippen molar-refractivity contribution >= 4 is 11.6 Å². The zero-order chi connectivity index (χ0) is 17.0. The highest BCUT2D eigenvalue weighted by molar-refractivity contribution is 5.93. The lowest BCUT2D eigenvalue weighted by Crippen LogP contribution is -2.36. The van der Waals surface area contributed by atoms with Gasteiger partial charge in [-0.05, 0) is 36.6 Å². The van der Waals surface area contributed by atoms with Crippen LogP contribution in [-0.4, -0.2) is 10.5 Å². The van der Waals surface area contributed by atoms with Crippen molar-refractivity contribution in [3.05, 3.63) is 64.1 Å². The molecule has 0 spiro atoms. The Kier molecular flexibility index (Phi) is 5.34. The summed E-state index contributed by atoms with van der Waals surface area (Å²) in [5, 5.41) is 2.88.